The Kier molecular flexibility index (Phi) is 27.3. The zero-order valence-electron chi connectivity index (χ0n) is 60.3. The first-order chi connectivity index (χ1) is 51.8. The Labute approximate surface area is 622 Å². The zero-order valence-corrected chi connectivity index (χ0v) is 60.3. The summed E-state index contributed by atoms with van der Waals surface area (Å²) >= 11 is 0. The van der Waals surface area contributed by atoms with Gasteiger partial charge in [0.1, 0.15) is 24.2 Å². The van der Waals surface area contributed by atoms with Gasteiger partial charge in [0, 0.05) is 119 Å². The molecule has 3 saturated heterocycles. The van der Waals surface area contributed by atoms with Crippen molar-refractivity contribution in [2.24, 2.45) is 0 Å². The highest BCUT2D eigenvalue weighted by Crippen LogP contribution is 2.42. The van der Waals surface area contributed by atoms with E-state index >= 15 is 0 Å². The first-order valence-corrected chi connectivity index (χ1v) is 35.2. The number of piperidine rings is 2. The van der Waals surface area contributed by atoms with Gasteiger partial charge >= 0.3 is 48.9 Å². The fraction of sp³-hybridized carbons (Fsp3) is 0.416. The van der Waals surface area contributed by atoms with Crippen LogP contribution in [0.15, 0.2) is 140 Å². The number of H-pyrrole nitrogens is 2. The number of likely N-dealkylation sites (tertiary alicyclic amines) is 2. The Morgan fingerprint density at radius 2 is 1.15 bits per heavy atom. The average molecular weight is 1560 g/mol. The largest absolute Gasteiger partial charge is 0.496 e. The van der Waals surface area contributed by atoms with E-state index in [4.69, 9.17) is 9.47 Å². The lowest BCUT2D eigenvalue weighted by atomic mass is 9.96. The van der Waals surface area contributed by atoms with Crippen LogP contribution in [-0.4, -0.2) is 149 Å². The van der Waals surface area contributed by atoms with E-state index in [1.165, 1.54) is 39.3 Å². The summed E-state index contributed by atoms with van der Waals surface area (Å²) in [7, 11) is 2.76. The number of hydrogen-bond acceptors (Lipinski definition) is 9. The highest BCUT2D eigenvalue weighted by molar-refractivity contribution is 5.87. The van der Waals surface area contributed by atoms with Gasteiger partial charge in [0.05, 0.1) is 53.1 Å². The van der Waals surface area contributed by atoms with Gasteiger partial charge in [0.2, 0.25) is 11.8 Å². The third-order valence-electron chi connectivity index (χ3n) is 19.5. The number of fused-ring (bicyclic) bond motifs is 2. The molecule has 0 spiro atoms. The highest BCUT2D eigenvalue weighted by Gasteiger charge is 2.43. The molecule has 8 aromatic rings. The normalized spacial score (nSPS) is 16.4. The number of nitrogens with one attached hydrogen (secondary N) is 5. The number of carbonyl (C=O) groups is 5. The molecule has 5 N–H and O–H groups in total. The summed E-state index contributed by atoms with van der Waals surface area (Å²) in [5, 5.41) is 10.5. The van der Waals surface area contributed by atoms with E-state index in [-0.39, 0.29) is 56.2 Å². The van der Waals surface area contributed by atoms with Crippen LogP contribution in [0.2, 0.25) is 0 Å². The standard InChI is InChI=1S/C32H43N5O3.C23H21F10N3O.C22H18F6N2O3/c1-24(38)37(22-25-10-4-7-13-31(25)40-2)23-27(20-26-21-33-30-12-6-5-11-29(26)30)34-32(39)36-18-14-28(15-19-36)35-16-8-3-9-17-35;1-12(13-7-14(21(25,26)27)9-15(8-13)22(28,29)30)35(2)20(37)36-6-5-34-11-19(36)17-4-3-16(24)10-18(17)23(31,32)33;1-12(31)30-19(8-14-10-29-18-5-3-2-4-17(14)18)20(32)33-11-13-6-15(21(23,24)25)9-16(7-13)22(26,27)28/h4-7,10-13,21,27-28,33H,3,8-9,14-20,22-23H2,1-2H3,(H,34,39);3-4,7-10,12,19,34H,5-6,11H2,1-2H3;2-7,9-10,19,29H,8,11H2,1H3,(H,30,31)/t27-;12-,19-;19-/m010/s1. The molecule has 594 valence electrons. The van der Waals surface area contributed by atoms with Crippen molar-refractivity contribution in [2.45, 2.75) is 140 Å². The number of methoxy groups -OCH3 is 1. The minimum atomic E-state index is -5.10. The number of benzene rings is 6. The van der Waals surface area contributed by atoms with Gasteiger partial charge in [-0.05, 0) is 147 Å². The molecule has 6 aromatic carbocycles. The molecule has 0 aliphatic carbocycles. The molecule has 17 nitrogen and oxygen atoms in total. The lowest BCUT2D eigenvalue weighted by molar-refractivity contribution is -0.149. The molecule has 3 aliphatic rings. The maximum Gasteiger partial charge on any atom is 0.416 e. The quantitative estimate of drug-likeness (QED) is 0.0411. The predicted molar refractivity (Wildman–Crippen MR) is 376 cm³/mol. The molecule has 0 bridgehead atoms. The summed E-state index contributed by atoms with van der Waals surface area (Å²) in [5.74, 6) is -1.99. The van der Waals surface area contributed by atoms with E-state index in [0.717, 1.165) is 101 Å². The summed E-state index contributed by atoms with van der Waals surface area (Å²) < 4.78 is 223. The van der Waals surface area contributed by atoms with E-state index in [9.17, 15) is 94.2 Å². The van der Waals surface area contributed by atoms with Crippen molar-refractivity contribution in [1.29, 1.82) is 0 Å². The van der Waals surface area contributed by atoms with Gasteiger partial charge in [-0.3, -0.25) is 9.59 Å². The Morgan fingerprint density at radius 3 is 1.68 bits per heavy atom. The van der Waals surface area contributed by atoms with Crippen LogP contribution in [0.25, 0.3) is 21.8 Å². The number of amides is 6. The van der Waals surface area contributed by atoms with Crippen LogP contribution in [0, 0.1) is 5.82 Å². The summed E-state index contributed by atoms with van der Waals surface area (Å²) in [6.07, 6.45) is -15.0. The van der Waals surface area contributed by atoms with Gasteiger partial charge in [-0.25, -0.2) is 18.8 Å². The topological polar surface area (TPSA) is 188 Å². The second kappa shape index (κ2) is 35.8. The maximum absolute atomic E-state index is 13.6. The number of nitrogens with zero attached hydrogens (tertiary/aromatic N) is 5. The van der Waals surface area contributed by atoms with Crippen molar-refractivity contribution in [2.75, 3.05) is 66.5 Å². The third-order valence-corrected chi connectivity index (χ3v) is 19.5. The van der Waals surface area contributed by atoms with Crippen molar-refractivity contribution >= 4 is 51.7 Å². The number of carbonyl (C=O) groups excluding carboxylic acids is 5. The SMILES string of the molecule is CC(=O)N[C@@H](Cc1c[nH]c2ccccc12)C(=O)OCc1cc(C(F)(F)F)cc(C(F)(F)F)c1.COc1ccccc1CN(C[C@H](Cc1c[nH]c2ccccc12)NC(=O)N1CCC(N2CCCCC2)CC1)C(C)=O.C[C@H](c1cc(C(F)(F)F)cc(C(F)(F)F)c1)N(C)C(=O)N1CCNC[C@@H]1c1ccc(F)cc1C(F)(F)F. The Balaban J connectivity index is 0.000000191. The molecule has 6 amide bonds. The molecule has 2 aromatic heterocycles. The summed E-state index contributed by atoms with van der Waals surface area (Å²) in [6.45, 7) is 7.75. The molecule has 0 saturated carbocycles. The number of ether oxygens (including phenoxy) is 2. The first kappa shape index (κ1) is 84.0. The summed E-state index contributed by atoms with van der Waals surface area (Å²) in [6, 6.07) is 22.6. The Morgan fingerprint density at radius 1 is 0.609 bits per heavy atom. The number of halogens is 16. The van der Waals surface area contributed by atoms with E-state index in [1.54, 1.807) is 49.4 Å². The van der Waals surface area contributed by atoms with Gasteiger partial charge in [-0.15, -0.1) is 0 Å². The van der Waals surface area contributed by atoms with Crippen LogP contribution in [0.5, 0.6) is 5.75 Å². The van der Waals surface area contributed by atoms with Crippen molar-refractivity contribution in [1.82, 2.24) is 50.4 Å². The molecule has 3 aliphatic heterocycles. The van der Waals surface area contributed by atoms with Gasteiger partial charge < -0.3 is 59.9 Å². The lowest BCUT2D eigenvalue weighted by Crippen LogP contribution is -2.54. The second-order valence-electron chi connectivity index (χ2n) is 27.1. The van der Waals surface area contributed by atoms with Crippen LogP contribution in [0.1, 0.15) is 126 Å². The molecule has 5 heterocycles. The van der Waals surface area contributed by atoms with Gasteiger partial charge in [-0.1, -0.05) is 67.1 Å². The predicted octanol–water partition coefficient (Wildman–Crippen LogP) is 16.4. The Bertz CT molecular complexity index is 4420. The van der Waals surface area contributed by atoms with Crippen LogP contribution in [0.3, 0.4) is 0 Å². The number of aromatic amines is 2. The number of piperazine rings is 1. The fourth-order valence-corrected chi connectivity index (χ4v) is 13.7. The summed E-state index contributed by atoms with van der Waals surface area (Å²) in [5.41, 5.74) is -4.23. The maximum atomic E-state index is 13.6. The second-order valence-corrected chi connectivity index (χ2v) is 27.1. The number of para-hydroxylation sites is 3. The van der Waals surface area contributed by atoms with Crippen LogP contribution in [0.4, 0.5) is 79.8 Å². The highest BCUT2D eigenvalue weighted by atomic mass is 19.4. The molecule has 0 radical (unpaired) electrons. The monoisotopic (exact) mass is 1560 g/mol. The minimum Gasteiger partial charge on any atom is -0.496 e. The van der Waals surface area contributed by atoms with Gasteiger partial charge in [0.25, 0.3) is 0 Å². The van der Waals surface area contributed by atoms with Crippen LogP contribution >= 0.6 is 0 Å². The third kappa shape index (κ3) is 22.1. The fourth-order valence-electron chi connectivity index (χ4n) is 13.7. The molecule has 3 fully saturated rings. The van der Waals surface area contributed by atoms with Crippen molar-refractivity contribution in [3.8, 4) is 5.75 Å². The lowest BCUT2D eigenvalue weighted by Gasteiger charge is -2.41. The number of alkyl halides is 15. The van der Waals surface area contributed by atoms with E-state index in [2.05, 4.69) is 43.0 Å². The number of rotatable bonds is 18. The zero-order chi connectivity index (χ0) is 80.2. The number of aromatic nitrogens is 2. The van der Waals surface area contributed by atoms with E-state index < -0.39 is 124 Å². The number of esters is 1. The molecule has 4 atom stereocenters. The van der Waals surface area contributed by atoms with Crippen LogP contribution < -0.4 is 20.7 Å². The molecule has 0 unspecified atom stereocenters. The van der Waals surface area contributed by atoms with Crippen molar-refractivity contribution in [3.05, 3.63) is 207 Å². The van der Waals surface area contributed by atoms with E-state index in [0.29, 0.717) is 61.4 Å². The molecule has 33 heteroatoms. The number of urea groups is 2. The molecular formula is C77H82F16N10O7. The van der Waals surface area contributed by atoms with Gasteiger partial charge in [-0.2, -0.15) is 65.9 Å². The van der Waals surface area contributed by atoms with E-state index in [1.807, 2.05) is 47.5 Å². The summed E-state index contributed by atoms with van der Waals surface area (Å²) in [4.78, 5) is 78.5. The van der Waals surface area contributed by atoms with Crippen molar-refractivity contribution < 1.29 is 104 Å². The van der Waals surface area contributed by atoms with Crippen molar-refractivity contribution in [3.63, 3.8) is 0 Å². The number of hydrogen-bond donors (Lipinski definition) is 5. The Hall–Kier alpha value is -10.1. The molecular weight excluding hydrogens is 1480 g/mol. The minimum absolute atomic E-state index is 0.00117. The van der Waals surface area contributed by atoms with Gasteiger partial charge in [0.15, 0.2) is 0 Å². The average Bonchev–Trinajstić information content (AvgIpc) is 1.08. The molecule has 110 heavy (non-hydrogen) atoms. The van der Waals surface area contributed by atoms with Crippen LogP contribution in [-0.2, 0) is 76.0 Å². The smallest absolute Gasteiger partial charge is 0.416 e. The first-order valence-electron chi connectivity index (χ1n) is 35.2. The molecule has 11 rings (SSSR count).